The molecule has 0 spiro atoms. The zero-order valence-electron chi connectivity index (χ0n) is 14.6. The minimum atomic E-state index is -0.110. The van der Waals surface area contributed by atoms with E-state index < -0.39 is 0 Å². The second-order valence-corrected chi connectivity index (χ2v) is 6.03. The van der Waals surface area contributed by atoms with Crippen molar-refractivity contribution < 1.29 is 4.79 Å². The molecule has 1 fully saturated rings. The van der Waals surface area contributed by atoms with Crippen molar-refractivity contribution >= 4 is 11.9 Å². The van der Waals surface area contributed by atoms with Crippen molar-refractivity contribution in [1.29, 1.82) is 0 Å². The second-order valence-electron chi connectivity index (χ2n) is 6.03. The molecule has 23 heavy (non-hydrogen) atoms. The van der Waals surface area contributed by atoms with Gasteiger partial charge in [-0.3, -0.25) is 4.79 Å². The fourth-order valence-electron chi connectivity index (χ4n) is 2.86. The van der Waals surface area contributed by atoms with Crippen LogP contribution in [0.25, 0.3) is 0 Å². The SMILES string of the molecule is CCN(CC)CCNC(=O)c1cc(C)nc(N2CCCCC2)n1. The molecule has 6 heteroatoms. The number of likely N-dealkylation sites (N-methyl/N-ethyl adjacent to an activating group) is 1. The summed E-state index contributed by atoms with van der Waals surface area (Å²) in [5.41, 5.74) is 1.31. The lowest BCUT2D eigenvalue weighted by Crippen LogP contribution is -2.36. The maximum Gasteiger partial charge on any atom is 0.270 e. The lowest BCUT2D eigenvalue weighted by Gasteiger charge is -2.27. The summed E-state index contributed by atoms with van der Waals surface area (Å²) in [5, 5.41) is 2.97. The van der Waals surface area contributed by atoms with Gasteiger partial charge in [-0.1, -0.05) is 13.8 Å². The summed E-state index contributed by atoms with van der Waals surface area (Å²) < 4.78 is 0. The van der Waals surface area contributed by atoms with E-state index in [4.69, 9.17) is 0 Å². The molecule has 0 unspecified atom stereocenters. The molecule has 0 aromatic carbocycles. The van der Waals surface area contributed by atoms with E-state index in [-0.39, 0.29) is 5.91 Å². The number of carbonyl (C=O) groups excluding carboxylic acids is 1. The lowest BCUT2D eigenvalue weighted by molar-refractivity contribution is 0.0943. The lowest BCUT2D eigenvalue weighted by atomic mass is 10.1. The minimum Gasteiger partial charge on any atom is -0.349 e. The smallest absolute Gasteiger partial charge is 0.270 e. The van der Waals surface area contributed by atoms with Crippen molar-refractivity contribution in [1.82, 2.24) is 20.2 Å². The standard InChI is InChI=1S/C17H29N5O/c1-4-21(5-2)12-9-18-16(23)15-13-14(3)19-17(20-15)22-10-7-6-8-11-22/h13H,4-12H2,1-3H3,(H,18,23). The molecule has 0 aliphatic carbocycles. The molecule has 1 aromatic heterocycles. The minimum absolute atomic E-state index is 0.110. The number of aromatic nitrogens is 2. The summed E-state index contributed by atoms with van der Waals surface area (Å²) in [4.78, 5) is 25.8. The number of nitrogens with zero attached hydrogens (tertiary/aromatic N) is 4. The van der Waals surface area contributed by atoms with Gasteiger partial charge in [0.15, 0.2) is 0 Å². The van der Waals surface area contributed by atoms with Gasteiger partial charge in [0, 0.05) is 31.9 Å². The third kappa shape index (κ3) is 5.16. The average molecular weight is 319 g/mol. The molecule has 0 atom stereocenters. The third-order valence-electron chi connectivity index (χ3n) is 4.32. The Morgan fingerprint density at radius 1 is 1.22 bits per heavy atom. The molecule has 6 nitrogen and oxygen atoms in total. The molecule has 2 heterocycles. The predicted molar refractivity (Wildman–Crippen MR) is 93.0 cm³/mol. The molecule has 1 N–H and O–H groups in total. The van der Waals surface area contributed by atoms with Crippen molar-refractivity contribution in [2.24, 2.45) is 0 Å². The Balaban J connectivity index is 1.98. The molecule has 0 saturated carbocycles. The molecule has 0 radical (unpaired) electrons. The number of amides is 1. The number of rotatable bonds is 7. The van der Waals surface area contributed by atoms with Crippen LogP contribution in [0.15, 0.2) is 6.07 Å². The van der Waals surface area contributed by atoms with Crippen LogP contribution in [0, 0.1) is 6.92 Å². The van der Waals surface area contributed by atoms with Crippen LogP contribution in [0.4, 0.5) is 5.95 Å². The van der Waals surface area contributed by atoms with E-state index >= 15 is 0 Å². The normalized spacial score (nSPS) is 15.0. The Kier molecular flexibility index (Phi) is 6.77. The summed E-state index contributed by atoms with van der Waals surface area (Å²) in [6.45, 7) is 11.6. The maximum atomic E-state index is 12.4. The van der Waals surface area contributed by atoms with Gasteiger partial charge in [-0.2, -0.15) is 0 Å². The first kappa shape index (κ1) is 17.7. The van der Waals surface area contributed by atoms with Crippen LogP contribution in [0.3, 0.4) is 0 Å². The van der Waals surface area contributed by atoms with Crippen LogP contribution in [0.5, 0.6) is 0 Å². The average Bonchev–Trinajstić information content (AvgIpc) is 2.59. The van der Waals surface area contributed by atoms with Crippen molar-refractivity contribution in [2.75, 3.05) is 44.2 Å². The predicted octanol–water partition coefficient (Wildman–Crippen LogP) is 1.85. The highest BCUT2D eigenvalue weighted by atomic mass is 16.1. The number of carbonyl (C=O) groups is 1. The Hall–Kier alpha value is -1.69. The highest BCUT2D eigenvalue weighted by Gasteiger charge is 2.17. The Bertz CT molecular complexity index is 510. The zero-order chi connectivity index (χ0) is 16.7. The fraction of sp³-hybridized carbons (Fsp3) is 0.706. The quantitative estimate of drug-likeness (QED) is 0.831. The monoisotopic (exact) mass is 319 g/mol. The Morgan fingerprint density at radius 3 is 2.57 bits per heavy atom. The van der Waals surface area contributed by atoms with Crippen molar-refractivity contribution in [2.45, 2.75) is 40.0 Å². The molecule has 1 aromatic rings. The van der Waals surface area contributed by atoms with Crippen LogP contribution in [-0.2, 0) is 0 Å². The van der Waals surface area contributed by atoms with Gasteiger partial charge in [-0.15, -0.1) is 0 Å². The highest BCUT2D eigenvalue weighted by Crippen LogP contribution is 2.16. The van der Waals surface area contributed by atoms with Gasteiger partial charge in [0.25, 0.3) is 5.91 Å². The molecular weight excluding hydrogens is 290 g/mol. The van der Waals surface area contributed by atoms with Crippen molar-refractivity contribution in [3.63, 3.8) is 0 Å². The van der Waals surface area contributed by atoms with Crippen molar-refractivity contribution in [3.05, 3.63) is 17.5 Å². The molecule has 0 bridgehead atoms. The van der Waals surface area contributed by atoms with E-state index in [1.165, 1.54) is 19.3 Å². The van der Waals surface area contributed by atoms with Crippen LogP contribution in [0.2, 0.25) is 0 Å². The molecule has 2 rings (SSSR count). The first-order valence-electron chi connectivity index (χ1n) is 8.75. The van der Waals surface area contributed by atoms with E-state index in [0.717, 1.165) is 38.4 Å². The number of anilines is 1. The van der Waals surface area contributed by atoms with E-state index in [1.807, 2.05) is 6.92 Å². The van der Waals surface area contributed by atoms with E-state index in [0.29, 0.717) is 18.2 Å². The summed E-state index contributed by atoms with van der Waals surface area (Å²) in [6.07, 6.45) is 3.60. The number of piperidine rings is 1. The summed E-state index contributed by atoms with van der Waals surface area (Å²) in [5.74, 6) is 0.583. The molecule has 128 valence electrons. The van der Waals surface area contributed by atoms with Crippen LogP contribution in [0.1, 0.15) is 49.3 Å². The number of hydrogen-bond acceptors (Lipinski definition) is 5. The summed E-state index contributed by atoms with van der Waals surface area (Å²) in [6, 6.07) is 1.76. The topological polar surface area (TPSA) is 61.4 Å². The molecule has 1 saturated heterocycles. The molecule has 1 aliphatic heterocycles. The van der Waals surface area contributed by atoms with Gasteiger partial charge in [0.2, 0.25) is 5.95 Å². The number of hydrogen-bond donors (Lipinski definition) is 1. The first-order chi connectivity index (χ1) is 11.1. The third-order valence-corrected chi connectivity index (χ3v) is 4.32. The first-order valence-corrected chi connectivity index (χ1v) is 8.75. The van der Waals surface area contributed by atoms with Crippen LogP contribution < -0.4 is 10.2 Å². The fourth-order valence-corrected chi connectivity index (χ4v) is 2.86. The van der Waals surface area contributed by atoms with E-state index in [2.05, 4.69) is 38.9 Å². The van der Waals surface area contributed by atoms with Gasteiger partial charge in [-0.25, -0.2) is 9.97 Å². The highest BCUT2D eigenvalue weighted by molar-refractivity contribution is 5.92. The summed E-state index contributed by atoms with van der Waals surface area (Å²) >= 11 is 0. The molecule has 1 aliphatic rings. The number of nitrogens with one attached hydrogen (secondary N) is 1. The van der Waals surface area contributed by atoms with Gasteiger partial charge in [0.1, 0.15) is 5.69 Å². The zero-order valence-corrected chi connectivity index (χ0v) is 14.6. The molecular formula is C17H29N5O. The number of aryl methyl sites for hydroxylation is 1. The largest absolute Gasteiger partial charge is 0.349 e. The van der Waals surface area contributed by atoms with Gasteiger partial charge in [-0.05, 0) is 45.3 Å². The van der Waals surface area contributed by atoms with Crippen LogP contribution in [-0.4, -0.2) is 60.0 Å². The van der Waals surface area contributed by atoms with Gasteiger partial charge < -0.3 is 15.1 Å². The Morgan fingerprint density at radius 2 is 1.91 bits per heavy atom. The van der Waals surface area contributed by atoms with Gasteiger partial charge >= 0.3 is 0 Å². The van der Waals surface area contributed by atoms with E-state index in [1.54, 1.807) is 6.07 Å². The second kappa shape index (κ2) is 8.82. The Labute approximate surface area is 139 Å². The van der Waals surface area contributed by atoms with Gasteiger partial charge in [0.05, 0.1) is 0 Å². The van der Waals surface area contributed by atoms with Crippen LogP contribution >= 0.6 is 0 Å². The van der Waals surface area contributed by atoms with E-state index in [9.17, 15) is 4.79 Å². The summed E-state index contributed by atoms with van der Waals surface area (Å²) in [7, 11) is 0. The maximum absolute atomic E-state index is 12.4. The van der Waals surface area contributed by atoms with Crippen molar-refractivity contribution in [3.8, 4) is 0 Å². The molecule has 1 amide bonds.